The van der Waals surface area contributed by atoms with Crippen molar-refractivity contribution in [3.63, 3.8) is 0 Å². The molecule has 0 aliphatic carbocycles. The van der Waals surface area contributed by atoms with Gasteiger partial charge in [-0.2, -0.15) is 0 Å². The molecule has 0 spiro atoms. The third kappa shape index (κ3) is 11.2. The lowest BCUT2D eigenvalue weighted by Crippen LogP contribution is -2.22. The van der Waals surface area contributed by atoms with Crippen LogP contribution in [-0.4, -0.2) is 68.8 Å². The van der Waals surface area contributed by atoms with Crippen molar-refractivity contribution < 1.29 is 34.0 Å². The van der Waals surface area contributed by atoms with E-state index in [1.807, 2.05) is 36.4 Å². The van der Waals surface area contributed by atoms with Crippen molar-refractivity contribution in [3.05, 3.63) is 54.6 Å². The Morgan fingerprint density at radius 3 is 2.17 bits per heavy atom. The first kappa shape index (κ1) is 25.1. The van der Waals surface area contributed by atoms with E-state index in [0.717, 1.165) is 43.0 Å². The second-order valence-corrected chi connectivity index (χ2v) is 6.03. The Labute approximate surface area is 176 Å². The van der Waals surface area contributed by atoms with Gasteiger partial charge in [-0.15, -0.1) is 0 Å². The number of methoxy groups -OCH3 is 1. The molecule has 0 saturated heterocycles. The molecule has 0 unspecified atom stereocenters. The highest BCUT2D eigenvalue weighted by Gasteiger charge is 2.05. The van der Waals surface area contributed by atoms with E-state index >= 15 is 0 Å². The second kappa shape index (κ2) is 15.9. The van der Waals surface area contributed by atoms with Crippen LogP contribution in [0, 0.1) is 0 Å². The Morgan fingerprint density at radius 2 is 1.50 bits per heavy atom. The summed E-state index contributed by atoms with van der Waals surface area (Å²) in [5.74, 6) is -2.75. The molecule has 164 valence electrons. The average molecular weight is 419 g/mol. The summed E-state index contributed by atoms with van der Waals surface area (Å²) in [6, 6.07) is 18.4. The fraction of sp³-hybridized carbons (Fsp3) is 0.364. The van der Waals surface area contributed by atoms with Gasteiger partial charge in [0.15, 0.2) is 0 Å². The zero-order chi connectivity index (χ0) is 22.0. The summed E-state index contributed by atoms with van der Waals surface area (Å²) in [4.78, 5) is 18.2. The highest BCUT2D eigenvalue weighted by Crippen LogP contribution is 2.29. The molecule has 30 heavy (non-hydrogen) atoms. The molecular formula is C22H29NO7. The van der Waals surface area contributed by atoms with Gasteiger partial charge in [0, 0.05) is 25.8 Å². The maximum absolute atomic E-state index is 9.10. The fourth-order valence-corrected chi connectivity index (χ4v) is 2.37. The van der Waals surface area contributed by atoms with Gasteiger partial charge in [0.2, 0.25) is 0 Å². The van der Waals surface area contributed by atoms with Crippen LogP contribution >= 0.6 is 0 Å². The van der Waals surface area contributed by atoms with Crippen LogP contribution in [0.4, 0.5) is 0 Å². The molecule has 8 nitrogen and oxygen atoms in total. The Bertz CT molecular complexity index is 725. The molecular weight excluding hydrogens is 390 g/mol. The fourth-order valence-electron chi connectivity index (χ4n) is 2.37. The predicted molar refractivity (Wildman–Crippen MR) is 113 cm³/mol. The van der Waals surface area contributed by atoms with E-state index in [0.29, 0.717) is 19.8 Å². The van der Waals surface area contributed by atoms with Crippen molar-refractivity contribution >= 4 is 11.9 Å². The molecule has 2 rings (SSSR count). The molecule has 0 heterocycles. The number of ether oxygens (including phenoxy) is 3. The highest BCUT2D eigenvalue weighted by atomic mass is 16.5. The third-order valence-electron chi connectivity index (χ3n) is 3.77. The largest absolute Gasteiger partial charge is 0.491 e. The molecule has 0 amide bonds. The lowest BCUT2D eigenvalue weighted by atomic mass is 10.1. The van der Waals surface area contributed by atoms with Gasteiger partial charge in [0.1, 0.15) is 12.4 Å². The van der Waals surface area contributed by atoms with Crippen LogP contribution in [0.2, 0.25) is 0 Å². The van der Waals surface area contributed by atoms with Crippen molar-refractivity contribution in [1.82, 2.24) is 5.32 Å². The maximum atomic E-state index is 9.10. The number of hydrogen-bond acceptors (Lipinski definition) is 6. The Balaban J connectivity index is 0.000000656. The van der Waals surface area contributed by atoms with E-state index in [1.165, 1.54) is 0 Å². The molecule has 0 saturated carbocycles. The van der Waals surface area contributed by atoms with Crippen molar-refractivity contribution in [1.29, 1.82) is 0 Å². The Morgan fingerprint density at radius 1 is 0.833 bits per heavy atom. The third-order valence-corrected chi connectivity index (χ3v) is 3.77. The molecule has 3 N–H and O–H groups in total. The van der Waals surface area contributed by atoms with E-state index in [9.17, 15) is 0 Å². The quantitative estimate of drug-likeness (QED) is 0.355. The molecule has 2 aromatic rings. The zero-order valence-corrected chi connectivity index (χ0v) is 17.1. The van der Waals surface area contributed by atoms with Gasteiger partial charge in [-0.05, 0) is 24.6 Å². The van der Waals surface area contributed by atoms with Crippen LogP contribution in [0.1, 0.15) is 6.42 Å². The van der Waals surface area contributed by atoms with E-state index in [1.54, 1.807) is 7.11 Å². The first-order valence-electron chi connectivity index (χ1n) is 9.57. The minimum absolute atomic E-state index is 0.549. The van der Waals surface area contributed by atoms with Crippen molar-refractivity contribution in [2.75, 3.05) is 46.6 Å². The second-order valence-electron chi connectivity index (χ2n) is 6.03. The number of carbonyl (C=O) groups is 2. The summed E-state index contributed by atoms with van der Waals surface area (Å²) in [6.07, 6.45) is 1.02. The molecule has 0 radical (unpaired) electrons. The van der Waals surface area contributed by atoms with E-state index in [4.69, 9.17) is 34.0 Å². The van der Waals surface area contributed by atoms with E-state index in [2.05, 4.69) is 23.5 Å². The van der Waals surface area contributed by atoms with Crippen molar-refractivity contribution in [2.24, 2.45) is 0 Å². The maximum Gasteiger partial charge on any atom is 0.414 e. The smallest absolute Gasteiger partial charge is 0.414 e. The summed E-state index contributed by atoms with van der Waals surface area (Å²) in [5.41, 5.74) is 2.27. The topological polar surface area (TPSA) is 114 Å². The van der Waals surface area contributed by atoms with Crippen molar-refractivity contribution in [3.8, 4) is 16.9 Å². The standard InChI is InChI=1S/C20H27NO3.C2H2O4/c1-22-14-7-12-21-13-15-23-16-17-24-20-11-6-5-10-19(20)18-8-3-2-4-9-18;3-1(4)2(5)6/h2-6,8-11,21H,7,12-17H2,1H3;(H,3,4)(H,5,6). The van der Waals surface area contributed by atoms with Gasteiger partial charge >= 0.3 is 11.9 Å². The molecule has 8 heteroatoms. The monoisotopic (exact) mass is 419 g/mol. The molecule has 0 atom stereocenters. The number of carboxylic acid groups (broad SMARTS) is 2. The Kier molecular flexibility index (Phi) is 13.3. The van der Waals surface area contributed by atoms with Gasteiger partial charge in [0.05, 0.1) is 13.2 Å². The van der Waals surface area contributed by atoms with Gasteiger partial charge in [-0.1, -0.05) is 48.5 Å². The van der Waals surface area contributed by atoms with E-state index in [-0.39, 0.29) is 0 Å². The normalized spacial score (nSPS) is 10.0. The number of rotatable bonds is 12. The van der Waals surface area contributed by atoms with Gasteiger partial charge in [0.25, 0.3) is 0 Å². The first-order chi connectivity index (χ1) is 14.6. The van der Waals surface area contributed by atoms with Crippen LogP contribution in [-0.2, 0) is 19.1 Å². The lowest BCUT2D eigenvalue weighted by molar-refractivity contribution is -0.159. The lowest BCUT2D eigenvalue weighted by Gasteiger charge is -2.12. The summed E-state index contributed by atoms with van der Waals surface area (Å²) < 4.78 is 16.5. The number of nitrogens with one attached hydrogen (secondary N) is 1. The SMILES string of the molecule is COCCCNCCOCCOc1ccccc1-c1ccccc1.O=C(O)C(=O)O. The van der Waals surface area contributed by atoms with Gasteiger partial charge in [-0.3, -0.25) is 0 Å². The van der Waals surface area contributed by atoms with Gasteiger partial charge in [-0.25, -0.2) is 9.59 Å². The van der Waals surface area contributed by atoms with Crippen LogP contribution in [0.15, 0.2) is 54.6 Å². The molecule has 0 fully saturated rings. The minimum Gasteiger partial charge on any atom is -0.491 e. The molecule has 0 aliphatic rings. The number of aliphatic carboxylic acids is 2. The summed E-state index contributed by atoms with van der Waals surface area (Å²) >= 11 is 0. The van der Waals surface area contributed by atoms with Crippen LogP contribution in [0.25, 0.3) is 11.1 Å². The Hall–Kier alpha value is -2.94. The number of benzene rings is 2. The highest BCUT2D eigenvalue weighted by molar-refractivity contribution is 6.27. The molecule has 2 aromatic carbocycles. The first-order valence-corrected chi connectivity index (χ1v) is 9.57. The van der Waals surface area contributed by atoms with Crippen LogP contribution in [0.5, 0.6) is 5.75 Å². The number of para-hydroxylation sites is 1. The van der Waals surface area contributed by atoms with Crippen molar-refractivity contribution in [2.45, 2.75) is 6.42 Å². The summed E-state index contributed by atoms with van der Waals surface area (Å²) in [5, 5.41) is 18.1. The molecule has 0 bridgehead atoms. The van der Waals surface area contributed by atoms with E-state index < -0.39 is 11.9 Å². The molecule has 0 aliphatic heterocycles. The predicted octanol–water partition coefficient (Wildman–Crippen LogP) is 2.53. The van der Waals surface area contributed by atoms with Crippen LogP contribution < -0.4 is 10.1 Å². The number of hydrogen-bond donors (Lipinski definition) is 3. The zero-order valence-electron chi connectivity index (χ0n) is 17.1. The average Bonchev–Trinajstić information content (AvgIpc) is 2.76. The minimum atomic E-state index is -1.82. The van der Waals surface area contributed by atoms with Crippen LogP contribution in [0.3, 0.4) is 0 Å². The molecule has 0 aromatic heterocycles. The summed E-state index contributed by atoms with van der Waals surface area (Å²) in [6.45, 7) is 4.43. The van der Waals surface area contributed by atoms with Gasteiger partial charge < -0.3 is 29.7 Å². The summed E-state index contributed by atoms with van der Waals surface area (Å²) in [7, 11) is 1.72. The number of carboxylic acids is 2.